The number of carbonyl (C=O) groups is 1. The van der Waals surface area contributed by atoms with E-state index in [1.54, 1.807) is 13.3 Å². The van der Waals surface area contributed by atoms with Crippen molar-refractivity contribution in [3.05, 3.63) is 12.2 Å². The van der Waals surface area contributed by atoms with Gasteiger partial charge in [0.25, 0.3) is 0 Å². The van der Waals surface area contributed by atoms with Crippen LogP contribution in [0.25, 0.3) is 0 Å². The summed E-state index contributed by atoms with van der Waals surface area (Å²) in [7, 11) is 0. The number of aliphatic imine (C=N–C) groups is 1. The van der Waals surface area contributed by atoms with Crippen molar-refractivity contribution in [2.75, 3.05) is 13.1 Å². The maximum Gasteiger partial charge on any atom is 1.00 e. The number of hydrogen-bond acceptors (Lipinski definition) is 5. The summed E-state index contributed by atoms with van der Waals surface area (Å²) in [6, 6.07) is 0. The number of aliphatic hydroxyl groups is 2. The van der Waals surface area contributed by atoms with Crippen molar-refractivity contribution in [3.8, 4) is 0 Å². The first-order chi connectivity index (χ1) is 15.5. The number of nitrogens with one attached hydrogen (secondary N) is 1. The maximum atomic E-state index is 11.1. The number of aliphatic hydroxyl groups excluding tert-OH is 1. The molecule has 0 saturated heterocycles. The normalized spacial score (nSPS) is 15.3. The number of nitrogens with zero attached hydrogens (tertiary/aromatic N) is 1. The van der Waals surface area contributed by atoms with Crippen LogP contribution in [-0.4, -0.2) is 52.4 Å². The van der Waals surface area contributed by atoms with Crippen molar-refractivity contribution >= 4 is 12.3 Å². The number of carboxylic acid groups (broad SMARTS) is 1. The van der Waals surface area contributed by atoms with Gasteiger partial charge in [0, 0.05) is 6.54 Å². The van der Waals surface area contributed by atoms with Crippen LogP contribution in [0.5, 0.6) is 0 Å². The first-order valence-corrected chi connectivity index (χ1v) is 13.0. The second-order valence-corrected chi connectivity index (χ2v) is 8.81. The van der Waals surface area contributed by atoms with E-state index in [-0.39, 0.29) is 37.4 Å². The predicted molar refractivity (Wildman–Crippen MR) is 135 cm³/mol. The van der Waals surface area contributed by atoms with E-state index in [9.17, 15) is 15.0 Å². The monoisotopic (exact) mass is 478 g/mol. The average Bonchev–Trinajstić information content (AvgIpc) is 3.38. The molecule has 0 aromatic carbocycles. The SMILES string of the molecule is C1=NCCN1.CCCCCCCC/C=C\CCCCCCCCC(O)C(O)(CC)C(=O)O.[H-].[Na+]. The van der Waals surface area contributed by atoms with Crippen molar-refractivity contribution in [3.63, 3.8) is 0 Å². The molecule has 0 aromatic heterocycles. The smallest absolute Gasteiger partial charge is 1.00 e. The van der Waals surface area contributed by atoms with Gasteiger partial charge in [0.05, 0.1) is 19.0 Å². The van der Waals surface area contributed by atoms with Crippen molar-refractivity contribution in [1.29, 1.82) is 0 Å². The number of hydrogen-bond donors (Lipinski definition) is 4. The van der Waals surface area contributed by atoms with Crippen molar-refractivity contribution in [2.24, 2.45) is 4.99 Å². The van der Waals surface area contributed by atoms with E-state index in [1.807, 2.05) is 0 Å². The molecule has 33 heavy (non-hydrogen) atoms. The molecule has 2 atom stereocenters. The van der Waals surface area contributed by atoms with Gasteiger partial charge in [-0.25, -0.2) is 4.79 Å². The van der Waals surface area contributed by atoms with Crippen molar-refractivity contribution in [2.45, 2.75) is 128 Å². The molecule has 1 heterocycles. The van der Waals surface area contributed by atoms with Crippen LogP contribution in [0.1, 0.15) is 118 Å². The number of carboxylic acids is 1. The van der Waals surface area contributed by atoms with E-state index in [1.165, 1.54) is 64.2 Å². The fourth-order valence-electron chi connectivity index (χ4n) is 3.68. The van der Waals surface area contributed by atoms with E-state index in [0.717, 1.165) is 38.8 Å². The minimum atomic E-state index is -2.00. The quantitative estimate of drug-likeness (QED) is 0.130. The minimum absolute atomic E-state index is 0. The molecule has 4 N–H and O–H groups in total. The second kappa shape index (κ2) is 24.7. The zero-order chi connectivity index (χ0) is 23.9. The molecule has 0 aromatic rings. The van der Waals surface area contributed by atoms with Crippen LogP contribution >= 0.6 is 0 Å². The van der Waals surface area contributed by atoms with E-state index in [0.29, 0.717) is 6.42 Å². The molecule has 1 aliphatic heterocycles. The topological polar surface area (TPSA) is 102 Å². The first kappa shape index (κ1) is 34.8. The molecule has 0 saturated carbocycles. The van der Waals surface area contributed by atoms with Crippen molar-refractivity contribution < 1.29 is 51.1 Å². The van der Waals surface area contributed by atoms with Crippen molar-refractivity contribution in [1.82, 2.24) is 5.32 Å². The van der Waals surface area contributed by atoms with Crippen LogP contribution in [0.2, 0.25) is 0 Å². The molecule has 0 fully saturated rings. The largest absolute Gasteiger partial charge is 1.00 e. The van der Waals surface area contributed by atoms with Crippen LogP contribution in [0, 0.1) is 0 Å². The summed E-state index contributed by atoms with van der Waals surface area (Å²) >= 11 is 0. The zero-order valence-corrected chi connectivity index (χ0v) is 23.7. The Balaban J connectivity index is -0.00000120. The Morgan fingerprint density at radius 1 is 1.00 bits per heavy atom. The van der Waals surface area contributed by atoms with Gasteiger partial charge in [0.2, 0.25) is 0 Å². The Hall–Kier alpha value is -0.400. The molecule has 0 spiro atoms. The first-order valence-electron chi connectivity index (χ1n) is 13.0. The van der Waals surface area contributed by atoms with Crippen LogP contribution in [0.4, 0.5) is 0 Å². The summed E-state index contributed by atoms with van der Waals surface area (Å²) < 4.78 is 0. The van der Waals surface area contributed by atoms with Gasteiger partial charge in [-0.2, -0.15) is 0 Å². The van der Waals surface area contributed by atoms with E-state index < -0.39 is 17.7 Å². The standard InChI is InChI=1S/C23H44O4.C3H6N2.Na.H/c1-3-5-6-7-8-9-10-11-12-13-14-15-16-17-18-19-20-21(24)23(27,4-2)22(25)26;1-2-5-3-4-1;;/h11-12,21,24,27H,3-10,13-20H2,1-2H3,(H,25,26);3H,1-2H2,(H,4,5);;/q;;+1;-1/b12-11-;;;. The fraction of sp³-hybridized carbons (Fsp3) is 0.846. The summed E-state index contributed by atoms with van der Waals surface area (Å²) in [6.45, 7) is 5.82. The molecule has 0 amide bonds. The molecule has 7 heteroatoms. The van der Waals surface area contributed by atoms with E-state index >= 15 is 0 Å². The van der Waals surface area contributed by atoms with E-state index in [4.69, 9.17) is 5.11 Å². The summed E-state index contributed by atoms with van der Waals surface area (Å²) in [5.41, 5.74) is -2.00. The molecule has 1 aliphatic rings. The second-order valence-electron chi connectivity index (χ2n) is 8.81. The predicted octanol–water partition coefficient (Wildman–Crippen LogP) is 2.74. The van der Waals surface area contributed by atoms with Gasteiger partial charge in [-0.3, -0.25) is 4.99 Å². The Kier molecular flexibility index (Phi) is 26.0. The fourth-order valence-corrected chi connectivity index (χ4v) is 3.68. The van der Waals surface area contributed by atoms with Gasteiger partial charge in [-0.1, -0.05) is 90.2 Å². The summed E-state index contributed by atoms with van der Waals surface area (Å²) in [5, 5.41) is 31.8. The van der Waals surface area contributed by atoms with Gasteiger partial charge in [0.15, 0.2) is 5.60 Å². The molecular weight excluding hydrogens is 427 g/mol. The van der Waals surface area contributed by atoms with Crippen LogP contribution in [0.15, 0.2) is 17.1 Å². The van der Waals surface area contributed by atoms with Crippen LogP contribution < -0.4 is 34.9 Å². The molecular formula is C26H51N2NaO4. The molecule has 0 radical (unpaired) electrons. The Morgan fingerprint density at radius 3 is 1.91 bits per heavy atom. The molecule has 190 valence electrons. The number of allylic oxidation sites excluding steroid dienone is 2. The number of rotatable bonds is 19. The van der Waals surface area contributed by atoms with Gasteiger partial charge in [-0.15, -0.1) is 0 Å². The Morgan fingerprint density at radius 2 is 1.52 bits per heavy atom. The third-order valence-electron chi connectivity index (χ3n) is 6.02. The average molecular weight is 479 g/mol. The molecule has 1 rings (SSSR count). The maximum absolute atomic E-state index is 11.1. The summed E-state index contributed by atoms with van der Waals surface area (Å²) in [6.07, 6.45) is 22.6. The molecule has 6 nitrogen and oxygen atoms in total. The molecule has 0 aliphatic carbocycles. The molecule has 0 bridgehead atoms. The summed E-state index contributed by atoms with van der Waals surface area (Å²) in [4.78, 5) is 14.9. The van der Waals surface area contributed by atoms with Crippen LogP contribution in [-0.2, 0) is 4.79 Å². The van der Waals surface area contributed by atoms with Gasteiger partial charge in [-0.05, 0) is 38.5 Å². The van der Waals surface area contributed by atoms with Gasteiger partial charge < -0.3 is 22.1 Å². The Bertz CT molecular complexity index is 503. The third kappa shape index (κ3) is 19.6. The zero-order valence-electron chi connectivity index (χ0n) is 22.7. The minimum Gasteiger partial charge on any atom is -1.00 e. The van der Waals surface area contributed by atoms with Gasteiger partial charge in [0.1, 0.15) is 0 Å². The molecule has 2 unspecified atom stereocenters. The number of unbranched alkanes of at least 4 members (excludes halogenated alkanes) is 12. The Labute approximate surface area is 226 Å². The number of aliphatic carboxylic acids is 1. The van der Waals surface area contributed by atoms with Crippen LogP contribution in [0.3, 0.4) is 0 Å². The third-order valence-corrected chi connectivity index (χ3v) is 6.02. The van der Waals surface area contributed by atoms with E-state index in [2.05, 4.69) is 29.4 Å². The summed E-state index contributed by atoms with van der Waals surface area (Å²) in [5.74, 6) is -1.33. The van der Waals surface area contributed by atoms with Gasteiger partial charge >= 0.3 is 35.5 Å².